The van der Waals surface area contributed by atoms with Crippen LogP contribution in [-0.2, 0) is 6.54 Å². The average molecular weight is 238 g/mol. The van der Waals surface area contributed by atoms with Crippen molar-refractivity contribution < 1.29 is 4.52 Å². The number of aromatic nitrogens is 1. The molecule has 2 aromatic carbocycles. The van der Waals surface area contributed by atoms with Crippen molar-refractivity contribution >= 4 is 16.5 Å². The molecule has 0 saturated carbocycles. The van der Waals surface area contributed by atoms with Crippen molar-refractivity contribution in [3.05, 3.63) is 60.0 Å². The maximum atomic E-state index is 5.16. The van der Waals surface area contributed by atoms with Crippen LogP contribution in [0.3, 0.4) is 0 Å². The Hall–Kier alpha value is -2.29. The third-order valence-electron chi connectivity index (χ3n) is 2.89. The van der Waals surface area contributed by atoms with E-state index in [0.717, 1.165) is 17.1 Å². The van der Waals surface area contributed by atoms with Gasteiger partial charge >= 0.3 is 0 Å². The predicted octanol–water partition coefficient (Wildman–Crippen LogP) is 3.75. The number of benzene rings is 2. The minimum atomic E-state index is 0.652. The fourth-order valence-electron chi connectivity index (χ4n) is 1.99. The minimum absolute atomic E-state index is 0.652. The van der Waals surface area contributed by atoms with E-state index in [2.05, 4.69) is 40.8 Å². The Kier molecular flexibility index (Phi) is 2.73. The molecule has 90 valence electrons. The van der Waals surface area contributed by atoms with E-state index < -0.39 is 0 Å². The van der Waals surface area contributed by atoms with Gasteiger partial charge < -0.3 is 9.84 Å². The topological polar surface area (TPSA) is 38.1 Å². The van der Waals surface area contributed by atoms with Crippen molar-refractivity contribution in [3.8, 4) is 0 Å². The van der Waals surface area contributed by atoms with Gasteiger partial charge in [-0.1, -0.05) is 35.5 Å². The Labute approximate surface area is 105 Å². The van der Waals surface area contributed by atoms with E-state index in [4.69, 9.17) is 4.52 Å². The van der Waals surface area contributed by atoms with Crippen molar-refractivity contribution in [2.75, 3.05) is 5.32 Å². The normalized spacial score (nSPS) is 10.7. The van der Waals surface area contributed by atoms with Gasteiger partial charge in [-0.3, -0.25) is 0 Å². The largest absolute Gasteiger partial charge is 0.378 e. The molecule has 0 unspecified atom stereocenters. The second kappa shape index (κ2) is 4.53. The van der Waals surface area contributed by atoms with Gasteiger partial charge in [0.2, 0.25) is 0 Å². The molecule has 18 heavy (non-hydrogen) atoms. The third kappa shape index (κ3) is 2.20. The first-order chi connectivity index (χ1) is 8.81. The summed E-state index contributed by atoms with van der Waals surface area (Å²) < 4.78 is 5.16. The lowest BCUT2D eigenvalue weighted by Gasteiger charge is -2.05. The van der Waals surface area contributed by atoms with Crippen LogP contribution in [0.4, 0.5) is 5.69 Å². The van der Waals surface area contributed by atoms with Gasteiger partial charge in [0, 0.05) is 11.8 Å². The first kappa shape index (κ1) is 10.8. The summed E-state index contributed by atoms with van der Waals surface area (Å²) in [6, 6.07) is 16.6. The van der Waals surface area contributed by atoms with E-state index in [1.807, 2.05) is 25.1 Å². The molecule has 0 spiro atoms. The molecule has 1 aromatic heterocycles. The molecule has 1 N–H and O–H groups in total. The maximum Gasteiger partial charge on any atom is 0.156 e. The molecular formula is C15H14N2O. The van der Waals surface area contributed by atoms with E-state index in [9.17, 15) is 0 Å². The van der Waals surface area contributed by atoms with Crippen LogP contribution in [0.2, 0.25) is 0 Å². The molecule has 3 nitrogen and oxygen atoms in total. The molecule has 0 bridgehead atoms. The van der Waals surface area contributed by atoms with Gasteiger partial charge in [-0.15, -0.1) is 0 Å². The fraction of sp³-hybridized carbons (Fsp3) is 0.133. The van der Waals surface area contributed by atoms with Crippen LogP contribution in [0.1, 0.15) is 11.5 Å². The van der Waals surface area contributed by atoms with Gasteiger partial charge in [0.05, 0.1) is 12.2 Å². The Bertz CT molecular complexity index is 673. The smallest absolute Gasteiger partial charge is 0.156 e. The van der Waals surface area contributed by atoms with Gasteiger partial charge in [0.15, 0.2) is 5.76 Å². The van der Waals surface area contributed by atoms with Crippen LogP contribution in [0.15, 0.2) is 53.1 Å². The Balaban J connectivity index is 1.78. The molecule has 3 aromatic rings. The molecule has 0 atom stereocenters. The first-order valence-corrected chi connectivity index (χ1v) is 5.96. The van der Waals surface area contributed by atoms with Crippen molar-refractivity contribution in [1.82, 2.24) is 5.16 Å². The van der Waals surface area contributed by atoms with Crippen LogP contribution in [0, 0.1) is 6.92 Å². The zero-order valence-electron chi connectivity index (χ0n) is 10.2. The van der Waals surface area contributed by atoms with Crippen molar-refractivity contribution in [1.29, 1.82) is 0 Å². The summed E-state index contributed by atoms with van der Waals surface area (Å²) in [5.41, 5.74) is 1.99. The lowest BCUT2D eigenvalue weighted by molar-refractivity contribution is 0.384. The standard InChI is InChI=1S/C15H14N2O/c1-11-8-15(18-17-11)10-16-14-7-6-12-4-2-3-5-13(12)9-14/h2-9,16H,10H2,1H3. The van der Waals surface area contributed by atoms with Gasteiger partial charge in [-0.05, 0) is 29.8 Å². The number of nitrogens with one attached hydrogen (secondary N) is 1. The highest BCUT2D eigenvalue weighted by molar-refractivity contribution is 5.85. The predicted molar refractivity (Wildman–Crippen MR) is 72.5 cm³/mol. The summed E-state index contributed by atoms with van der Waals surface area (Å²) in [5.74, 6) is 0.848. The summed E-state index contributed by atoms with van der Waals surface area (Å²) in [6.07, 6.45) is 0. The molecule has 0 aliphatic rings. The Morgan fingerprint density at radius 1 is 1.06 bits per heavy atom. The summed E-state index contributed by atoms with van der Waals surface area (Å²) >= 11 is 0. The summed E-state index contributed by atoms with van der Waals surface area (Å²) in [6.45, 7) is 2.57. The van der Waals surface area contributed by atoms with Crippen LogP contribution in [-0.4, -0.2) is 5.16 Å². The number of hydrogen-bond acceptors (Lipinski definition) is 3. The van der Waals surface area contributed by atoms with E-state index in [1.54, 1.807) is 0 Å². The number of aryl methyl sites for hydroxylation is 1. The third-order valence-corrected chi connectivity index (χ3v) is 2.89. The molecule has 0 fully saturated rings. The number of anilines is 1. The zero-order valence-corrected chi connectivity index (χ0v) is 10.2. The van der Waals surface area contributed by atoms with E-state index in [1.165, 1.54) is 10.8 Å². The van der Waals surface area contributed by atoms with Crippen molar-refractivity contribution in [2.24, 2.45) is 0 Å². The number of rotatable bonds is 3. The van der Waals surface area contributed by atoms with E-state index in [-0.39, 0.29) is 0 Å². The highest BCUT2D eigenvalue weighted by atomic mass is 16.5. The molecule has 0 saturated heterocycles. The monoisotopic (exact) mass is 238 g/mol. The first-order valence-electron chi connectivity index (χ1n) is 5.96. The minimum Gasteiger partial charge on any atom is -0.378 e. The van der Waals surface area contributed by atoms with Crippen LogP contribution >= 0.6 is 0 Å². The summed E-state index contributed by atoms with van der Waals surface area (Å²) in [5, 5.41) is 9.68. The summed E-state index contributed by atoms with van der Waals surface area (Å²) in [4.78, 5) is 0. The Morgan fingerprint density at radius 3 is 2.67 bits per heavy atom. The van der Waals surface area contributed by atoms with Crippen LogP contribution in [0.25, 0.3) is 10.8 Å². The van der Waals surface area contributed by atoms with Crippen molar-refractivity contribution in [3.63, 3.8) is 0 Å². The Morgan fingerprint density at radius 2 is 1.89 bits per heavy atom. The second-order valence-electron chi connectivity index (χ2n) is 4.35. The van der Waals surface area contributed by atoms with E-state index >= 15 is 0 Å². The van der Waals surface area contributed by atoms with Gasteiger partial charge in [-0.25, -0.2) is 0 Å². The lowest BCUT2D eigenvalue weighted by Crippen LogP contribution is -1.97. The molecule has 0 aliphatic carbocycles. The average Bonchev–Trinajstić information content (AvgIpc) is 2.82. The van der Waals surface area contributed by atoms with Crippen molar-refractivity contribution in [2.45, 2.75) is 13.5 Å². The quantitative estimate of drug-likeness (QED) is 0.755. The molecular weight excluding hydrogens is 224 g/mol. The number of hydrogen-bond donors (Lipinski definition) is 1. The number of nitrogens with zero attached hydrogens (tertiary/aromatic N) is 1. The maximum absolute atomic E-state index is 5.16. The number of fused-ring (bicyclic) bond motifs is 1. The van der Waals surface area contributed by atoms with E-state index in [0.29, 0.717) is 6.54 Å². The SMILES string of the molecule is Cc1cc(CNc2ccc3ccccc3c2)on1. The van der Waals surface area contributed by atoms with Gasteiger partial charge in [0.25, 0.3) is 0 Å². The molecule has 3 heteroatoms. The van der Waals surface area contributed by atoms with Crippen LogP contribution in [0.5, 0.6) is 0 Å². The second-order valence-corrected chi connectivity index (χ2v) is 4.35. The highest BCUT2D eigenvalue weighted by Crippen LogP contribution is 2.19. The molecule has 1 heterocycles. The lowest BCUT2D eigenvalue weighted by atomic mass is 10.1. The molecule has 0 radical (unpaired) electrons. The zero-order chi connectivity index (χ0) is 12.4. The molecule has 0 aliphatic heterocycles. The molecule has 0 amide bonds. The van der Waals surface area contributed by atoms with Gasteiger partial charge in [0.1, 0.15) is 0 Å². The van der Waals surface area contributed by atoms with Gasteiger partial charge in [-0.2, -0.15) is 0 Å². The molecule has 3 rings (SSSR count). The van der Waals surface area contributed by atoms with Crippen LogP contribution < -0.4 is 5.32 Å². The summed E-state index contributed by atoms with van der Waals surface area (Å²) in [7, 11) is 0. The highest BCUT2D eigenvalue weighted by Gasteiger charge is 2.00. The fourth-order valence-corrected chi connectivity index (χ4v) is 1.99.